The summed E-state index contributed by atoms with van der Waals surface area (Å²) in [5, 5.41) is 10.2. The van der Waals surface area contributed by atoms with Crippen LogP contribution < -0.4 is 10.1 Å². The molecule has 0 aliphatic carbocycles. The van der Waals surface area contributed by atoms with Gasteiger partial charge in [-0.05, 0) is 13.0 Å². The summed E-state index contributed by atoms with van der Waals surface area (Å²) in [4.78, 5) is 4.41. The highest BCUT2D eigenvalue weighted by Gasteiger charge is 2.03. The molecule has 0 radical (unpaired) electrons. The van der Waals surface area contributed by atoms with Gasteiger partial charge in [0.1, 0.15) is 0 Å². The molecule has 0 unspecified atom stereocenters. The molecule has 0 saturated heterocycles. The highest BCUT2D eigenvalue weighted by atomic mass is 16.5. The number of hydrogen-bond donors (Lipinski definition) is 2. The number of H-pyrrole nitrogens is 1. The lowest BCUT2D eigenvalue weighted by molar-refractivity contribution is 0.440. The van der Waals surface area contributed by atoms with Crippen LogP contribution in [-0.2, 0) is 6.54 Å². The lowest BCUT2D eigenvalue weighted by Crippen LogP contribution is -2.22. The van der Waals surface area contributed by atoms with E-state index in [0.29, 0.717) is 17.8 Å². The summed E-state index contributed by atoms with van der Waals surface area (Å²) < 4.78 is 5.57. The maximum Gasteiger partial charge on any atom is 0.240 e. The van der Waals surface area contributed by atoms with Crippen LogP contribution in [0.25, 0.3) is 0 Å². The topological polar surface area (TPSA) is 62.8 Å². The van der Waals surface area contributed by atoms with Crippen molar-refractivity contribution in [2.24, 2.45) is 0 Å². The molecular formula is C13H18N4O. The Balaban J connectivity index is 2.02. The highest BCUT2D eigenvalue weighted by Crippen LogP contribution is 2.17. The summed E-state index contributed by atoms with van der Waals surface area (Å²) >= 11 is 0. The van der Waals surface area contributed by atoms with Crippen molar-refractivity contribution in [2.45, 2.75) is 33.4 Å². The van der Waals surface area contributed by atoms with E-state index in [1.165, 1.54) is 0 Å². The Morgan fingerprint density at radius 3 is 2.83 bits per heavy atom. The van der Waals surface area contributed by atoms with E-state index in [4.69, 9.17) is 4.74 Å². The zero-order valence-corrected chi connectivity index (χ0v) is 10.9. The quantitative estimate of drug-likeness (QED) is 0.850. The number of ether oxygens (including phenoxy) is 1. The summed E-state index contributed by atoms with van der Waals surface area (Å²) in [6.45, 7) is 6.87. The van der Waals surface area contributed by atoms with Gasteiger partial charge in [0.15, 0.2) is 0 Å². The molecule has 18 heavy (non-hydrogen) atoms. The zero-order valence-electron chi connectivity index (χ0n) is 10.9. The first-order valence-electron chi connectivity index (χ1n) is 6.02. The molecule has 2 aromatic rings. The molecule has 2 rings (SSSR count). The predicted molar refractivity (Wildman–Crippen MR) is 69.6 cm³/mol. The summed E-state index contributed by atoms with van der Waals surface area (Å²) in [5.41, 5.74) is 1.91. The van der Waals surface area contributed by atoms with Crippen LogP contribution in [-0.4, -0.2) is 21.2 Å². The molecule has 2 N–H and O–H groups in total. The lowest BCUT2D eigenvalue weighted by Gasteiger charge is -2.08. The minimum Gasteiger partial charge on any atom is -0.419 e. The molecule has 0 spiro atoms. The van der Waals surface area contributed by atoms with E-state index in [2.05, 4.69) is 34.3 Å². The first-order chi connectivity index (χ1) is 8.63. The molecule has 96 valence electrons. The number of rotatable bonds is 5. The van der Waals surface area contributed by atoms with Crippen molar-refractivity contribution in [1.82, 2.24) is 20.5 Å². The minimum absolute atomic E-state index is 0.436. The van der Waals surface area contributed by atoms with Crippen LogP contribution in [0.15, 0.2) is 24.3 Å². The van der Waals surface area contributed by atoms with E-state index in [1.807, 2.05) is 31.2 Å². The molecule has 0 fully saturated rings. The monoisotopic (exact) mass is 246 g/mol. The van der Waals surface area contributed by atoms with Crippen molar-refractivity contribution in [3.63, 3.8) is 0 Å². The van der Waals surface area contributed by atoms with E-state index in [0.717, 1.165) is 17.9 Å². The molecular weight excluding hydrogens is 228 g/mol. The first kappa shape index (κ1) is 12.6. The van der Waals surface area contributed by atoms with Crippen molar-refractivity contribution >= 4 is 0 Å². The Morgan fingerprint density at radius 1 is 1.33 bits per heavy atom. The van der Waals surface area contributed by atoms with Crippen molar-refractivity contribution < 1.29 is 4.74 Å². The number of aromatic amines is 1. The average molecular weight is 246 g/mol. The molecule has 2 heterocycles. The Labute approximate surface area is 107 Å². The van der Waals surface area contributed by atoms with Crippen LogP contribution in [0.1, 0.15) is 25.2 Å². The molecule has 0 saturated carbocycles. The van der Waals surface area contributed by atoms with Gasteiger partial charge in [0.25, 0.3) is 0 Å². The van der Waals surface area contributed by atoms with E-state index in [1.54, 1.807) is 0 Å². The molecule has 0 aliphatic rings. The summed E-state index contributed by atoms with van der Waals surface area (Å²) in [6, 6.07) is 7.99. The normalized spacial score (nSPS) is 10.9. The van der Waals surface area contributed by atoms with Gasteiger partial charge in [0.2, 0.25) is 11.8 Å². The van der Waals surface area contributed by atoms with E-state index < -0.39 is 0 Å². The second-order valence-electron chi connectivity index (χ2n) is 4.49. The highest BCUT2D eigenvalue weighted by molar-refractivity contribution is 5.22. The third-order valence-electron chi connectivity index (χ3n) is 2.36. The van der Waals surface area contributed by atoms with Gasteiger partial charge in [-0.2, -0.15) is 0 Å². The fourth-order valence-electron chi connectivity index (χ4n) is 1.47. The van der Waals surface area contributed by atoms with Crippen molar-refractivity contribution in [3.8, 4) is 11.8 Å². The van der Waals surface area contributed by atoms with Gasteiger partial charge >= 0.3 is 0 Å². The number of aryl methyl sites for hydroxylation is 1. The van der Waals surface area contributed by atoms with Gasteiger partial charge in [-0.25, -0.2) is 4.98 Å². The Morgan fingerprint density at radius 2 is 2.17 bits per heavy atom. The first-order valence-corrected chi connectivity index (χ1v) is 6.02. The maximum absolute atomic E-state index is 5.57. The number of aromatic nitrogens is 3. The molecule has 2 aromatic heterocycles. The third-order valence-corrected chi connectivity index (χ3v) is 2.36. The third kappa shape index (κ3) is 3.56. The summed E-state index contributed by atoms with van der Waals surface area (Å²) in [6.07, 6.45) is 0. The SMILES string of the molecule is Cc1cc(Oc2cccc(CNC(C)C)n2)n[nH]1. The Bertz CT molecular complexity index is 507. The second-order valence-corrected chi connectivity index (χ2v) is 4.49. The maximum atomic E-state index is 5.57. The van der Waals surface area contributed by atoms with Gasteiger partial charge in [-0.1, -0.05) is 19.9 Å². The molecule has 0 amide bonds. The number of nitrogens with one attached hydrogen (secondary N) is 2. The Kier molecular flexibility index (Phi) is 3.94. The number of pyridine rings is 1. The predicted octanol–water partition coefficient (Wildman–Crippen LogP) is 2.40. The van der Waals surface area contributed by atoms with Crippen molar-refractivity contribution in [3.05, 3.63) is 35.7 Å². The van der Waals surface area contributed by atoms with E-state index in [9.17, 15) is 0 Å². The summed E-state index contributed by atoms with van der Waals surface area (Å²) in [7, 11) is 0. The van der Waals surface area contributed by atoms with Crippen LogP contribution in [0, 0.1) is 6.92 Å². The molecule has 0 atom stereocenters. The van der Waals surface area contributed by atoms with Gasteiger partial charge in [0, 0.05) is 30.4 Å². The van der Waals surface area contributed by atoms with Crippen LogP contribution >= 0.6 is 0 Å². The van der Waals surface area contributed by atoms with Crippen molar-refractivity contribution in [2.75, 3.05) is 0 Å². The van der Waals surface area contributed by atoms with Crippen LogP contribution in [0.2, 0.25) is 0 Å². The van der Waals surface area contributed by atoms with Crippen LogP contribution in [0.4, 0.5) is 0 Å². The zero-order chi connectivity index (χ0) is 13.0. The molecule has 5 nitrogen and oxygen atoms in total. The fourth-order valence-corrected chi connectivity index (χ4v) is 1.47. The smallest absolute Gasteiger partial charge is 0.240 e. The minimum atomic E-state index is 0.436. The molecule has 0 bridgehead atoms. The lowest BCUT2D eigenvalue weighted by atomic mass is 10.3. The Hall–Kier alpha value is -1.88. The number of nitrogens with zero attached hydrogens (tertiary/aromatic N) is 2. The van der Waals surface area contributed by atoms with Gasteiger partial charge in [-0.15, -0.1) is 5.10 Å². The van der Waals surface area contributed by atoms with Crippen molar-refractivity contribution in [1.29, 1.82) is 0 Å². The average Bonchev–Trinajstić information content (AvgIpc) is 2.73. The van der Waals surface area contributed by atoms with Gasteiger partial charge < -0.3 is 10.1 Å². The van der Waals surface area contributed by atoms with Gasteiger partial charge in [0.05, 0.1) is 5.69 Å². The largest absolute Gasteiger partial charge is 0.419 e. The summed E-state index contributed by atoms with van der Waals surface area (Å²) in [5.74, 6) is 1.10. The number of hydrogen-bond acceptors (Lipinski definition) is 4. The van der Waals surface area contributed by atoms with Gasteiger partial charge in [-0.3, -0.25) is 5.10 Å². The second kappa shape index (κ2) is 5.64. The molecule has 0 aliphatic heterocycles. The van der Waals surface area contributed by atoms with Crippen LogP contribution in [0.3, 0.4) is 0 Å². The fraction of sp³-hybridized carbons (Fsp3) is 0.385. The van der Waals surface area contributed by atoms with E-state index >= 15 is 0 Å². The molecule has 5 heteroatoms. The van der Waals surface area contributed by atoms with Crippen LogP contribution in [0.5, 0.6) is 11.8 Å². The van der Waals surface area contributed by atoms with E-state index in [-0.39, 0.29) is 0 Å². The standard InChI is InChI=1S/C13H18N4O/c1-9(2)14-8-11-5-4-6-12(15-11)18-13-7-10(3)16-17-13/h4-7,9,14H,8H2,1-3H3,(H,16,17). The molecule has 0 aromatic carbocycles.